The lowest BCUT2D eigenvalue weighted by molar-refractivity contribution is -0.384. The van der Waals surface area contributed by atoms with Gasteiger partial charge in [-0.15, -0.1) is 0 Å². The molecule has 1 amide bonds. The van der Waals surface area contributed by atoms with Crippen LogP contribution in [0.5, 0.6) is 5.75 Å². The Morgan fingerprint density at radius 1 is 1.31 bits per heavy atom. The van der Waals surface area contributed by atoms with Crippen molar-refractivity contribution in [3.8, 4) is 5.75 Å². The molecule has 0 spiro atoms. The molecule has 0 saturated carbocycles. The number of carbonyl (C=O) groups excluding carboxylic acids is 1. The first-order valence-electron chi connectivity index (χ1n) is 9.08. The lowest BCUT2D eigenvalue weighted by Gasteiger charge is -2.27. The van der Waals surface area contributed by atoms with E-state index in [9.17, 15) is 19.7 Å². The zero-order chi connectivity index (χ0) is 20.8. The van der Waals surface area contributed by atoms with Crippen molar-refractivity contribution in [2.75, 3.05) is 38.7 Å². The molecule has 0 unspecified atom stereocenters. The molecule has 2 aromatic rings. The van der Waals surface area contributed by atoms with Gasteiger partial charge in [0.25, 0.3) is 5.69 Å². The van der Waals surface area contributed by atoms with E-state index in [0.717, 1.165) is 13.1 Å². The van der Waals surface area contributed by atoms with Crippen LogP contribution in [0.25, 0.3) is 0 Å². The average molecular weight is 402 g/mol. The molecule has 3 rings (SSSR count). The standard InChI is InChI=1S/C19H22N4O6/c1-28-18-12-22(16(10-17(18)24)11-21-5-7-29-8-6-21)13-19(25)20-14-3-2-4-15(9-14)23(26)27/h2-4,9-10,12H,5-8,11,13H2,1H3,(H,20,25). The van der Waals surface area contributed by atoms with Crippen LogP contribution in [0.4, 0.5) is 11.4 Å². The highest BCUT2D eigenvalue weighted by atomic mass is 16.6. The number of benzene rings is 1. The minimum absolute atomic E-state index is 0.0704. The molecule has 10 nitrogen and oxygen atoms in total. The van der Waals surface area contributed by atoms with Crippen LogP contribution in [-0.2, 0) is 22.6 Å². The van der Waals surface area contributed by atoms with Crippen molar-refractivity contribution in [2.24, 2.45) is 0 Å². The van der Waals surface area contributed by atoms with Gasteiger partial charge in [0.15, 0.2) is 5.75 Å². The topological polar surface area (TPSA) is 116 Å². The summed E-state index contributed by atoms with van der Waals surface area (Å²) >= 11 is 0. The predicted octanol–water partition coefficient (Wildman–Crippen LogP) is 1.24. The Bertz CT molecular complexity index is 952. The van der Waals surface area contributed by atoms with Gasteiger partial charge in [-0.25, -0.2) is 0 Å². The molecular weight excluding hydrogens is 380 g/mol. The van der Waals surface area contributed by atoms with Gasteiger partial charge in [0.1, 0.15) is 6.54 Å². The smallest absolute Gasteiger partial charge is 0.271 e. The Morgan fingerprint density at radius 3 is 2.76 bits per heavy atom. The number of hydrogen-bond donors (Lipinski definition) is 1. The Kier molecular flexibility index (Phi) is 6.57. The summed E-state index contributed by atoms with van der Waals surface area (Å²) in [6.45, 7) is 3.13. The van der Waals surface area contributed by atoms with Gasteiger partial charge in [-0.1, -0.05) is 6.07 Å². The van der Waals surface area contributed by atoms with E-state index in [0.29, 0.717) is 31.1 Å². The fourth-order valence-corrected chi connectivity index (χ4v) is 3.07. The third-order valence-electron chi connectivity index (χ3n) is 4.55. The van der Waals surface area contributed by atoms with Gasteiger partial charge < -0.3 is 19.4 Å². The number of nitro groups is 1. The summed E-state index contributed by atoms with van der Waals surface area (Å²) in [4.78, 5) is 37.2. The number of morpholine rings is 1. The second-order valence-corrected chi connectivity index (χ2v) is 6.57. The number of hydrogen-bond acceptors (Lipinski definition) is 7. The summed E-state index contributed by atoms with van der Waals surface area (Å²) in [6, 6.07) is 7.18. The largest absolute Gasteiger partial charge is 0.491 e. The van der Waals surface area contributed by atoms with E-state index in [-0.39, 0.29) is 29.3 Å². The average Bonchev–Trinajstić information content (AvgIpc) is 2.70. The highest BCUT2D eigenvalue weighted by Crippen LogP contribution is 2.17. The van der Waals surface area contributed by atoms with Gasteiger partial charge in [0.2, 0.25) is 11.3 Å². The van der Waals surface area contributed by atoms with E-state index in [1.54, 1.807) is 10.6 Å². The summed E-state index contributed by atoms with van der Waals surface area (Å²) in [7, 11) is 1.39. The first-order valence-corrected chi connectivity index (χ1v) is 9.08. The zero-order valence-corrected chi connectivity index (χ0v) is 16.0. The molecule has 1 aliphatic heterocycles. The van der Waals surface area contributed by atoms with E-state index in [1.807, 2.05) is 0 Å². The van der Waals surface area contributed by atoms with Crippen molar-refractivity contribution in [3.05, 3.63) is 62.6 Å². The summed E-state index contributed by atoms with van der Waals surface area (Å²) in [5, 5.41) is 13.5. The monoisotopic (exact) mass is 402 g/mol. The Balaban J connectivity index is 1.78. The molecule has 1 aromatic heterocycles. The molecule has 2 heterocycles. The second kappa shape index (κ2) is 9.30. The van der Waals surface area contributed by atoms with Crippen LogP contribution < -0.4 is 15.5 Å². The van der Waals surface area contributed by atoms with E-state index in [1.165, 1.54) is 37.6 Å². The minimum Gasteiger partial charge on any atom is -0.491 e. The van der Waals surface area contributed by atoms with Crippen LogP contribution >= 0.6 is 0 Å². The van der Waals surface area contributed by atoms with Gasteiger partial charge in [0.05, 0.1) is 31.4 Å². The number of aromatic nitrogens is 1. The van der Waals surface area contributed by atoms with Crippen molar-refractivity contribution >= 4 is 17.3 Å². The fraction of sp³-hybridized carbons (Fsp3) is 0.368. The molecule has 1 N–H and O–H groups in total. The fourth-order valence-electron chi connectivity index (χ4n) is 3.07. The Morgan fingerprint density at radius 2 is 2.07 bits per heavy atom. The first kappa shape index (κ1) is 20.5. The number of pyridine rings is 1. The number of rotatable bonds is 7. The Hall–Kier alpha value is -3.24. The van der Waals surface area contributed by atoms with Gasteiger partial charge in [-0.05, 0) is 6.07 Å². The highest BCUT2D eigenvalue weighted by molar-refractivity contribution is 5.90. The minimum atomic E-state index is -0.525. The number of nitro benzene ring substituents is 1. The molecular formula is C19H22N4O6. The van der Waals surface area contributed by atoms with E-state index in [4.69, 9.17) is 9.47 Å². The molecule has 1 aromatic carbocycles. The predicted molar refractivity (Wildman–Crippen MR) is 105 cm³/mol. The summed E-state index contributed by atoms with van der Waals surface area (Å²) in [6.07, 6.45) is 1.51. The first-order chi connectivity index (χ1) is 14.0. The summed E-state index contributed by atoms with van der Waals surface area (Å²) in [5.74, 6) is -0.238. The SMILES string of the molecule is COc1cn(CC(=O)Nc2cccc([N+](=O)[O-])c2)c(CN2CCOCC2)cc1=O. The Labute approximate surface area is 166 Å². The molecule has 1 fully saturated rings. The van der Waals surface area contributed by atoms with Crippen LogP contribution in [0.2, 0.25) is 0 Å². The van der Waals surface area contributed by atoms with Gasteiger partial charge in [0, 0.05) is 49.2 Å². The number of nitrogens with zero attached hydrogens (tertiary/aromatic N) is 3. The molecule has 154 valence electrons. The maximum Gasteiger partial charge on any atom is 0.271 e. The summed E-state index contributed by atoms with van der Waals surface area (Å²) in [5.41, 5.74) is 0.630. The number of anilines is 1. The number of nitrogens with one attached hydrogen (secondary N) is 1. The van der Waals surface area contributed by atoms with Crippen LogP contribution in [0.15, 0.2) is 41.3 Å². The molecule has 0 radical (unpaired) electrons. The molecule has 1 saturated heterocycles. The number of ether oxygens (including phenoxy) is 2. The molecule has 29 heavy (non-hydrogen) atoms. The van der Waals surface area contributed by atoms with Crippen LogP contribution in [0, 0.1) is 10.1 Å². The number of non-ortho nitro benzene ring substituents is 1. The molecule has 0 atom stereocenters. The summed E-state index contributed by atoms with van der Waals surface area (Å²) < 4.78 is 12.1. The lowest BCUT2D eigenvalue weighted by Crippen LogP contribution is -2.37. The van der Waals surface area contributed by atoms with Crippen molar-refractivity contribution in [1.29, 1.82) is 0 Å². The van der Waals surface area contributed by atoms with Crippen LogP contribution in [-0.4, -0.2) is 53.7 Å². The normalized spacial score (nSPS) is 14.4. The van der Waals surface area contributed by atoms with Crippen molar-refractivity contribution < 1.29 is 19.2 Å². The van der Waals surface area contributed by atoms with Crippen LogP contribution in [0.3, 0.4) is 0 Å². The van der Waals surface area contributed by atoms with Gasteiger partial charge in [-0.3, -0.25) is 24.6 Å². The molecule has 0 bridgehead atoms. The maximum atomic E-state index is 12.5. The van der Waals surface area contributed by atoms with E-state index in [2.05, 4.69) is 10.2 Å². The quantitative estimate of drug-likeness (QED) is 0.547. The second-order valence-electron chi connectivity index (χ2n) is 6.57. The third-order valence-corrected chi connectivity index (χ3v) is 4.55. The third kappa shape index (κ3) is 5.39. The highest BCUT2D eigenvalue weighted by Gasteiger charge is 2.16. The van der Waals surface area contributed by atoms with Crippen LogP contribution in [0.1, 0.15) is 5.69 Å². The van der Waals surface area contributed by atoms with E-state index < -0.39 is 4.92 Å². The number of methoxy groups -OCH3 is 1. The zero-order valence-electron chi connectivity index (χ0n) is 16.0. The van der Waals surface area contributed by atoms with Crippen molar-refractivity contribution in [3.63, 3.8) is 0 Å². The number of carbonyl (C=O) groups is 1. The molecule has 10 heteroatoms. The number of amides is 1. The maximum absolute atomic E-state index is 12.5. The lowest BCUT2D eigenvalue weighted by atomic mass is 10.2. The van der Waals surface area contributed by atoms with Gasteiger partial charge >= 0.3 is 0 Å². The van der Waals surface area contributed by atoms with Crippen molar-refractivity contribution in [1.82, 2.24) is 9.47 Å². The van der Waals surface area contributed by atoms with E-state index >= 15 is 0 Å². The molecule has 1 aliphatic rings. The van der Waals surface area contributed by atoms with Crippen molar-refractivity contribution in [2.45, 2.75) is 13.1 Å². The molecule has 0 aliphatic carbocycles. The van der Waals surface area contributed by atoms with Gasteiger partial charge in [-0.2, -0.15) is 0 Å².